The van der Waals surface area contributed by atoms with E-state index in [1.165, 1.54) is 4.90 Å². The van der Waals surface area contributed by atoms with Crippen LogP contribution in [0.5, 0.6) is 0 Å². The first-order chi connectivity index (χ1) is 8.15. The molecule has 1 aliphatic heterocycles. The summed E-state index contributed by atoms with van der Waals surface area (Å²) in [5.41, 5.74) is 0. The summed E-state index contributed by atoms with van der Waals surface area (Å²) in [4.78, 5) is 26.7. The molecule has 0 aromatic carbocycles. The summed E-state index contributed by atoms with van der Waals surface area (Å²) >= 11 is 0. The van der Waals surface area contributed by atoms with E-state index < -0.39 is 0 Å². The molecule has 0 aromatic rings. The van der Waals surface area contributed by atoms with Crippen LogP contribution in [0.2, 0.25) is 0 Å². The molecule has 0 atom stereocenters. The van der Waals surface area contributed by atoms with Gasteiger partial charge in [-0.2, -0.15) is 0 Å². The maximum Gasteiger partial charge on any atom is 0.242 e. The van der Waals surface area contributed by atoms with Gasteiger partial charge in [-0.3, -0.25) is 9.59 Å². The molecule has 1 heterocycles. The van der Waals surface area contributed by atoms with Crippen LogP contribution < -0.4 is 5.32 Å². The summed E-state index contributed by atoms with van der Waals surface area (Å²) in [6, 6.07) is 0. The standard InChI is InChI=1S/C11H21N3O3/c1-13(10(15)3-8-17-2)9-11(16)14-6-4-12-5-7-14/h12H,3-9H2,1-2H3. The first-order valence-corrected chi connectivity index (χ1v) is 5.86. The van der Waals surface area contributed by atoms with Crippen LogP contribution >= 0.6 is 0 Å². The quantitative estimate of drug-likeness (QED) is 0.667. The Morgan fingerprint density at radius 1 is 1.35 bits per heavy atom. The van der Waals surface area contributed by atoms with E-state index in [1.807, 2.05) is 0 Å². The van der Waals surface area contributed by atoms with Crippen molar-refractivity contribution in [3.8, 4) is 0 Å². The maximum atomic E-state index is 11.9. The molecule has 98 valence electrons. The third-order valence-corrected chi connectivity index (χ3v) is 2.79. The second kappa shape index (κ2) is 7.24. The van der Waals surface area contributed by atoms with Crippen molar-refractivity contribution in [2.24, 2.45) is 0 Å². The second-order valence-corrected chi connectivity index (χ2v) is 4.12. The van der Waals surface area contributed by atoms with Crippen LogP contribution in [0.15, 0.2) is 0 Å². The highest BCUT2D eigenvalue weighted by molar-refractivity contribution is 5.84. The number of hydrogen-bond donors (Lipinski definition) is 1. The molecule has 17 heavy (non-hydrogen) atoms. The van der Waals surface area contributed by atoms with Gasteiger partial charge in [-0.25, -0.2) is 0 Å². The van der Waals surface area contributed by atoms with Crippen LogP contribution in [0, 0.1) is 0 Å². The Labute approximate surface area is 102 Å². The summed E-state index contributed by atoms with van der Waals surface area (Å²) in [6.45, 7) is 3.64. The van der Waals surface area contributed by atoms with E-state index in [0.717, 1.165) is 26.2 Å². The zero-order valence-electron chi connectivity index (χ0n) is 10.6. The number of ether oxygens (including phenoxy) is 1. The number of nitrogens with zero attached hydrogens (tertiary/aromatic N) is 2. The summed E-state index contributed by atoms with van der Waals surface area (Å²) < 4.78 is 4.83. The summed E-state index contributed by atoms with van der Waals surface area (Å²) in [5.74, 6) is -0.0462. The number of piperazine rings is 1. The number of amides is 2. The SMILES string of the molecule is COCCC(=O)N(C)CC(=O)N1CCNCC1. The average Bonchev–Trinajstić information content (AvgIpc) is 2.36. The molecule has 1 saturated heterocycles. The van der Waals surface area contributed by atoms with Crippen molar-refractivity contribution in [3.05, 3.63) is 0 Å². The highest BCUT2D eigenvalue weighted by Gasteiger charge is 2.19. The van der Waals surface area contributed by atoms with E-state index >= 15 is 0 Å². The summed E-state index contributed by atoms with van der Waals surface area (Å²) in [6.07, 6.45) is 0.321. The van der Waals surface area contributed by atoms with Gasteiger partial charge in [0.2, 0.25) is 11.8 Å². The summed E-state index contributed by atoms with van der Waals surface area (Å²) in [5, 5.41) is 3.18. The largest absolute Gasteiger partial charge is 0.384 e. The Bertz CT molecular complexity index is 265. The predicted molar refractivity (Wildman–Crippen MR) is 63.6 cm³/mol. The van der Waals surface area contributed by atoms with Crippen LogP contribution in [-0.4, -0.2) is 75.1 Å². The van der Waals surface area contributed by atoms with Gasteiger partial charge in [0.15, 0.2) is 0 Å². The lowest BCUT2D eigenvalue weighted by Crippen LogP contribution is -2.49. The molecule has 0 radical (unpaired) electrons. The van der Waals surface area contributed by atoms with Crippen LogP contribution in [0.1, 0.15) is 6.42 Å². The lowest BCUT2D eigenvalue weighted by atomic mass is 10.3. The van der Waals surface area contributed by atoms with Crippen molar-refractivity contribution in [2.75, 3.05) is 53.5 Å². The van der Waals surface area contributed by atoms with Crippen LogP contribution in [-0.2, 0) is 14.3 Å². The van der Waals surface area contributed by atoms with Crippen molar-refractivity contribution >= 4 is 11.8 Å². The zero-order valence-corrected chi connectivity index (χ0v) is 10.6. The normalized spacial score (nSPS) is 15.8. The fraction of sp³-hybridized carbons (Fsp3) is 0.818. The minimum Gasteiger partial charge on any atom is -0.384 e. The van der Waals surface area contributed by atoms with Crippen molar-refractivity contribution in [1.82, 2.24) is 15.1 Å². The van der Waals surface area contributed by atoms with Crippen LogP contribution in [0.4, 0.5) is 0 Å². The van der Waals surface area contributed by atoms with Gasteiger partial charge in [0.25, 0.3) is 0 Å². The van der Waals surface area contributed by atoms with Crippen LogP contribution in [0.3, 0.4) is 0 Å². The van der Waals surface area contributed by atoms with E-state index in [4.69, 9.17) is 4.74 Å². The van der Waals surface area contributed by atoms with E-state index in [9.17, 15) is 9.59 Å². The molecule has 1 N–H and O–H groups in total. The van der Waals surface area contributed by atoms with Crippen molar-refractivity contribution in [2.45, 2.75) is 6.42 Å². The minimum atomic E-state index is -0.0599. The molecular weight excluding hydrogens is 222 g/mol. The molecule has 6 nitrogen and oxygen atoms in total. The zero-order chi connectivity index (χ0) is 12.7. The molecule has 0 aliphatic carbocycles. The molecule has 0 saturated carbocycles. The fourth-order valence-electron chi connectivity index (χ4n) is 1.69. The average molecular weight is 243 g/mol. The molecule has 1 rings (SSSR count). The highest BCUT2D eigenvalue weighted by Crippen LogP contribution is 1.97. The molecule has 0 spiro atoms. The molecular formula is C11H21N3O3. The molecule has 1 aliphatic rings. The smallest absolute Gasteiger partial charge is 0.242 e. The van der Waals surface area contributed by atoms with Crippen LogP contribution in [0.25, 0.3) is 0 Å². The van der Waals surface area contributed by atoms with E-state index in [1.54, 1.807) is 19.1 Å². The number of rotatable bonds is 5. The van der Waals surface area contributed by atoms with Gasteiger partial charge in [0, 0.05) is 40.3 Å². The molecule has 2 amide bonds. The van der Waals surface area contributed by atoms with E-state index in [2.05, 4.69) is 5.32 Å². The number of carbonyl (C=O) groups is 2. The molecule has 1 fully saturated rings. The summed E-state index contributed by atoms with van der Waals surface area (Å²) in [7, 11) is 3.21. The van der Waals surface area contributed by atoms with Gasteiger partial charge in [-0.1, -0.05) is 0 Å². The molecule has 0 bridgehead atoms. The molecule has 6 heteroatoms. The number of nitrogens with one attached hydrogen (secondary N) is 1. The Balaban J connectivity index is 2.31. The monoisotopic (exact) mass is 243 g/mol. The van der Waals surface area contributed by atoms with Crippen molar-refractivity contribution < 1.29 is 14.3 Å². The minimum absolute atomic E-state index is 0.0137. The first-order valence-electron chi connectivity index (χ1n) is 5.86. The van der Waals surface area contributed by atoms with Gasteiger partial charge < -0.3 is 19.9 Å². The second-order valence-electron chi connectivity index (χ2n) is 4.12. The number of carbonyl (C=O) groups excluding carboxylic acids is 2. The van der Waals surface area contributed by atoms with Gasteiger partial charge in [-0.05, 0) is 0 Å². The number of hydrogen-bond acceptors (Lipinski definition) is 4. The Morgan fingerprint density at radius 2 is 2.00 bits per heavy atom. The molecule has 0 aromatic heterocycles. The topological polar surface area (TPSA) is 61.9 Å². The van der Waals surface area contributed by atoms with Gasteiger partial charge in [0.1, 0.15) is 0 Å². The third kappa shape index (κ3) is 4.70. The Morgan fingerprint density at radius 3 is 2.59 bits per heavy atom. The van der Waals surface area contributed by atoms with Gasteiger partial charge in [0.05, 0.1) is 19.6 Å². The van der Waals surface area contributed by atoms with E-state index in [-0.39, 0.29) is 18.4 Å². The van der Waals surface area contributed by atoms with Crippen molar-refractivity contribution in [3.63, 3.8) is 0 Å². The maximum absolute atomic E-state index is 11.9. The highest BCUT2D eigenvalue weighted by atomic mass is 16.5. The molecule has 0 unspecified atom stereocenters. The third-order valence-electron chi connectivity index (χ3n) is 2.79. The van der Waals surface area contributed by atoms with Gasteiger partial charge in [-0.15, -0.1) is 0 Å². The first kappa shape index (κ1) is 13.9. The van der Waals surface area contributed by atoms with E-state index in [0.29, 0.717) is 13.0 Å². The number of likely N-dealkylation sites (N-methyl/N-ethyl adjacent to an activating group) is 1. The fourth-order valence-corrected chi connectivity index (χ4v) is 1.69. The lowest BCUT2D eigenvalue weighted by molar-refractivity contribution is -0.140. The lowest BCUT2D eigenvalue weighted by Gasteiger charge is -2.29. The van der Waals surface area contributed by atoms with Crippen molar-refractivity contribution in [1.29, 1.82) is 0 Å². The van der Waals surface area contributed by atoms with Gasteiger partial charge >= 0.3 is 0 Å². The predicted octanol–water partition coefficient (Wildman–Crippen LogP) is -1.09. The number of methoxy groups -OCH3 is 1. The Hall–Kier alpha value is -1.14. The Kier molecular flexibility index (Phi) is 5.93.